The first-order chi connectivity index (χ1) is 23.1. The van der Waals surface area contributed by atoms with Crippen LogP contribution in [-0.2, 0) is 33.4 Å². The average molecular weight is 686 g/mol. The molecule has 2 unspecified atom stereocenters. The first-order valence-electron chi connectivity index (χ1n) is 16.0. The highest BCUT2D eigenvalue weighted by Crippen LogP contribution is 2.38. The van der Waals surface area contributed by atoms with Crippen LogP contribution in [0.2, 0.25) is 0 Å². The van der Waals surface area contributed by atoms with E-state index in [9.17, 15) is 29.1 Å². The zero-order chi connectivity index (χ0) is 36.0. The van der Waals surface area contributed by atoms with Crippen LogP contribution < -0.4 is 24.0 Å². The second-order valence-electron chi connectivity index (χ2n) is 12.4. The molecule has 0 aliphatic carbocycles. The number of hydrogen-bond donors (Lipinski definition) is 1. The standard InChI is InChI=1S/C21H28N2O7.C13H15NO5/c1-6-27-19(25)13(2)23-16-9-14(7-8-17(16)28-12-18(23)24)29-15-10-22(11-15)20(26)30-21(3,4)5;1-3-18-13(17)8(2)14-10-6-9(15)4-5-11(10)19-7-12(14)16/h7-9,13,15H,6,10-12H2,1-5H3;4-6,8,15H,3,7H2,1-2H3. The van der Waals surface area contributed by atoms with Gasteiger partial charge in [0.15, 0.2) is 13.2 Å². The fourth-order valence-corrected chi connectivity index (χ4v) is 5.15. The minimum absolute atomic E-state index is 0.00175. The molecule has 15 heteroatoms. The largest absolute Gasteiger partial charge is 0.508 e. The third-order valence-corrected chi connectivity index (χ3v) is 7.46. The molecule has 3 aliphatic rings. The van der Waals surface area contributed by atoms with E-state index in [1.54, 1.807) is 56.9 Å². The van der Waals surface area contributed by atoms with Crippen molar-refractivity contribution in [1.82, 2.24) is 4.90 Å². The average Bonchev–Trinajstić information content (AvgIpc) is 3.01. The van der Waals surface area contributed by atoms with Crippen molar-refractivity contribution in [3.8, 4) is 23.0 Å². The number of fused-ring (bicyclic) bond motifs is 2. The molecule has 0 saturated carbocycles. The molecular formula is C34H43N3O12. The number of ether oxygens (including phenoxy) is 6. The van der Waals surface area contributed by atoms with Gasteiger partial charge < -0.3 is 38.4 Å². The number of carbonyl (C=O) groups is 5. The number of esters is 2. The smallest absolute Gasteiger partial charge is 0.410 e. The molecule has 0 bridgehead atoms. The van der Waals surface area contributed by atoms with Gasteiger partial charge in [0.25, 0.3) is 11.8 Å². The van der Waals surface area contributed by atoms with Gasteiger partial charge in [-0.2, -0.15) is 0 Å². The lowest BCUT2D eigenvalue weighted by molar-refractivity contribution is -0.146. The summed E-state index contributed by atoms with van der Waals surface area (Å²) in [6.07, 6.45) is -0.562. The molecule has 266 valence electrons. The van der Waals surface area contributed by atoms with Crippen LogP contribution in [0, 0.1) is 0 Å². The second-order valence-corrected chi connectivity index (χ2v) is 12.4. The maximum Gasteiger partial charge on any atom is 0.410 e. The molecule has 1 fully saturated rings. The normalized spacial score (nSPS) is 16.7. The van der Waals surface area contributed by atoms with Crippen LogP contribution in [0.5, 0.6) is 23.0 Å². The van der Waals surface area contributed by atoms with Crippen molar-refractivity contribution in [2.24, 2.45) is 0 Å². The molecule has 3 amide bonds. The summed E-state index contributed by atoms with van der Waals surface area (Å²) in [4.78, 5) is 64.6. The quantitative estimate of drug-likeness (QED) is 0.318. The molecule has 49 heavy (non-hydrogen) atoms. The Morgan fingerprint density at radius 2 is 1.33 bits per heavy atom. The molecule has 0 aromatic heterocycles. The summed E-state index contributed by atoms with van der Waals surface area (Å²) in [7, 11) is 0. The SMILES string of the molecule is CCOC(=O)C(C)N1C(=O)COc2ccc(O)cc21.CCOC(=O)C(C)N1C(=O)COc2ccc(OC3CN(C(=O)OC(C)(C)C)C3)cc21. The van der Waals surface area contributed by atoms with E-state index in [4.69, 9.17) is 28.4 Å². The summed E-state index contributed by atoms with van der Waals surface area (Å²) in [5.41, 5.74) is 0.275. The Morgan fingerprint density at radius 3 is 1.82 bits per heavy atom. The van der Waals surface area contributed by atoms with Gasteiger partial charge in [0, 0.05) is 12.1 Å². The fourth-order valence-electron chi connectivity index (χ4n) is 5.15. The van der Waals surface area contributed by atoms with Crippen molar-refractivity contribution < 1.29 is 57.5 Å². The van der Waals surface area contributed by atoms with Gasteiger partial charge >= 0.3 is 18.0 Å². The van der Waals surface area contributed by atoms with E-state index in [2.05, 4.69) is 0 Å². The molecule has 0 spiro atoms. The minimum atomic E-state index is -0.790. The zero-order valence-electron chi connectivity index (χ0n) is 28.7. The molecule has 15 nitrogen and oxygen atoms in total. The Kier molecular flexibility index (Phi) is 11.5. The molecule has 1 N–H and O–H groups in total. The maximum atomic E-state index is 12.4. The van der Waals surface area contributed by atoms with Gasteiger partial charge in [0.1, 0.15) is 46.8 Å². The van der Waals surface area contributed by atoms with Crippen LogP contribution in [0.3, 0.4) is 0 Å². The highest BCUT2D eigenvalue weighted by molar-refractivity contribution is 6.03. The van der Waals surface area contributed by atoms with Crippen molar-refractivity contribution >= 4 is 41.2 Å². The molecule has 5 rings (SSSR count). The first-order valence-corrected chi connectivity index (χ1v) is 16.0. The third kappa shape index (κ3) is 8.83. The van der Waals surface area contributed by atoms with Gasteiger partial charge in [-0.25, -0.2) is 14.4 Å². The lowest BCUT2D eigenvalue weighted by atomic mass is 10.1. The van der Waals surface area contributed by atoms with Crippen LogP contribution in [0.4, 0.5) is 16.2 Å². The Balaban J connectivity index is 0.000000244. The van der Waals surface area contributed by atoms with Gasteiger partial charge in [-0.05, 0) is 72.7 Å². The van der Waals surface area contributed by atoms with Crippen molar-refractivity contribution in [1.29, 1.82) is 0 Å². The van der Waals surface area contributed by atoms with Crippen molar-refractivity contribution in [2.75, 3.05) is 49.3 Å². The molecule has 3 aliphatic heterocycles. The number of phenolic OH excluding ortho intramolecular Hbond substituents is 1. The van der Waals surface area contributed by atoms with Gasteiger partial charge in [-0.15, -0.1) is 0 Å². The Morgan fingerprint density at radius 1 is 0.837 bits per heavy atom. The number of phenols is 1. The number of likely N-dealkylation sites (tertiary alicyclic amines) is 1. The summed E-state index contributed by atoms with van der Waals surface area (Å²) in [5.74, 6) is -0.210. The number of carbonyl (C=O) groups excluding carboxylic acids is 5. The molecule has 3 heterocycles. The van der Waals surface area contributed by atoms with E-state index in [1.165, 1.54) is 21.9 Å². The van der Waals surface area contributed by atoms with Crippen molar-refractivity contribution in [3.05, 3.63) is 36.4 Å². The molecule has 0 radical (unpaired) electrons. The summed E-state index contributed by atoms with van der Waals surface area (Å²) in [6.45, 7) is 13.1. The number of aromatic hydroxyl groups is 1. The lowest BCUT2D eigenvalue weighted by Crippen LogP contribution is -2.57. The Labute approximate surface area is 284 Å². The molecule has 2 aromatic carbocycles. The number of nitrogens with zero attached hydrogens (tertiary/aromatic N) is 3. The summed E-state index contributed by atoms with van der Waals surface area (Å²) in [6, 6.07) is 7.95. The van der Waals surface area contributed by atoms with Crippen molar-refractivity contribution in [3.63, 3.8) is 0 Å². The number of amides is 3. The molecule has 2 aromatic rings. The van der Waals surface area contributed by atoms with E-state index in [0.717, 1.165) is 0 Å². The third-order valence-electron chi connectivity index (χ3n) is 7.46. The van der Waals surface area contributed by atoms with Gasteiger partial charge in [0.05, 0.1) is 37.7 Å². The van der Waals surface area contributed by atoms with Crippen LogP contribution in [0.1, 0.15) is 48.5 Å². The second kappa shape index (κ2) is 15.3. The monoisotopic (exact) mass is 685 g/mol. The van der Waals surface area contributed by atoms with Crippen LogP contribution in [0.25, 0.3) is 0 Å². The van der Waals surface area contributed by atoms with Crippen LogP contribution >= 0.6 is 0 Å². The van der Waals surface area contributed by atoms with Crippen LogP contribution in [-0.4, -0.2) is 103 Å². The van der Waals surface area contributed by atoms with E-state index in [0.29, 0.717) is 41.7 Å². The van der Waals surface area contributed by atoms with E-state index in [-0.39, 0.29) is 56.2 Å². The molecule has 2 atom stereocenters. The summed E-state index contributed by atoms with van der Waals surface area (Å²) in [5, 5.41) is 9.51. The van der Waals surface area contributed by atoms with E-state index in [1.807, 2.05) is 20.8 Å². The highest BCUT2D eigenvalue weighted by Gasteiger charge is 2.37. The van der Waals surface area contributed by atoms with Gasteiger partial charge in [-0.3, -0.25) is 19.4 Å². The predicted molar refractivity (Wildman–Crippen MR) is 175 cm³/mol. The minimum Gasteiger partial charge on any atom is -0.508 e. The zero-order valence-corrected chi connectivity index (χ0v) is 28.7. The summed E-state index contributed by atoms with van der Waals surface area (Å²) < 4.78 is 32.0. The molecule has 1 saturated heterocycles. The van der Waals surface area contributed by atoms with Gasteiger partial charge in [0.2, 0.25) is 0 Å². The Hall–Kier alpha value is -5.21. The number of anilines is 2. The first kappa shape index (κ1) is 36.6. The lowest BCUT2D eigenvalue weighted by Gasteiger charge is -2.39. The maximum absolute atomic E-state index is 12.4. The highest BCUT2D eigenvalue weighted by atomic mass is 16.6. The van der Waals surface area contributed by atoms with E-state index >= 15 is 0 Å². The fraction of sp³-hybridized carbons (Fsp3) is 0.500. The number of rotatable bonds is 8. The van der Waals surface area contributed by atoms with Crippen molar-refractivity contribution in [2.45, 2.75) is 72.3 Å². The van der Waals surface area contributed by atoms with E-state index < -0.39 is 29.6 Å². The van der Waals surface area contributed by atoms with Crippen LogP contribution in [0.15, 0.2) is 36.4 Å². The number of benzene rings is 2. The number of hydrogen-bond acceptors (Lipinski definition) is 12. The predicted octanol–water partition coefficient (Wildman–Crippen LogP) is 3.43. The molecular weight excluding hydrogens is 642 g/mol. The Bertz CT molecular complexity index is 1570. The topological polar surface area (TPSA) is 171 Å². The summed E-state index contributed by atoms with van der Waals surface area (Å²) >= 11 is 0. The van der Waals surface area contributed by atoms with Gasteiger partial charge in [-0.1, -0.05) is 0 Å².